The molecule has 1 aromatic rings. The summed E-state index contributed by atoms with van der Waals surface area (Å²) in [7, 11) is 0. The molecule has 7 heteroatoms. The van der Waals surface area contributed by atoms with Gasteiger partial charge in [-0.3, -0.25) is 14.4 Å². The van der Waals surface area contributed by atoms with Crippen LogP contribution in [0.15, 0.2) is 24.3 Å². The number of fused-ring (bicyclic) bond motifs is 1. The minimum atomic E-state index is -0.865. The van der Waals surface area contributed by atoms with Gasteiger partial charge in [0.15, 0.2) is 0 Å². The Kier molecular flexibility index (Phi) is 7.50. The maximum atomic E-state index is 12.7. The van der Waals surface area contributed by atoms with Crippen LogP contribution in [0.5, 0.6) is 0 Å². The summed E-state index contributed by atoms with van der Waals surface area (Å²) in [5.41, 5.74) is 2.19. The Morgan fingerprint density at radius 1 is 1.27 bits per heavy atom. The van der Waals surface area contributed by atoms with E-state index in [0.29, 0.717) is 31.7 Å². The monoisotopic (exact) mass is 378 g/mol. The number of carboxylic acid groups (broad SMARTS) is 1. The van der Waals surface area contributed by atoms with Crippen LogP contribution in [-0.2, 0) is 27.3 Å². The Hall–Kier alpha value is -2.02. The summed E-state index contributed by atoms with van der Waals surface area (Å²) < 4.78 is 0. The van der Waals surface area contributed by atoms with Gasteiger partial charge in [0, 0.05) is 31.7 Å². The predicted octanol–water partition coefficient (Wildman–Crippen LogP) is 1.92. The Labute approximate surface area is 158 Å². The molecule has 26 heavy (non-hydrogen) atoms. The zero-order chi connectivity index (χ0) is 19.1. The Balaban J connectivity index is 2.02. The third kappa shape index (κ3) is 5.76. The number of hydrogen-bond donors (Lipinski definition) is 2. The number of hydrogen-bond acceptors (Lipinski definition) is 4. The molecule has 1 aliphatic heterocycles. The minimum absolute atomic E-state index is 0.00472. The highest BCUT2D eigenvalue weighted by Gasteiger charge is 2.34. The van der Waals surface area contributed by atoms with E-state index in [1.807, 2.05) is 38.1 Å². The number of nitrogens with zero attached hydrogens (tertiary/aromatic N) is 1. The highest BCUT2D eigenvalue weighted by Crippen LogP contribution is 2.25. The smallest absolute Gasteiger partial charge is 0.313 e. The SMILES string of the molecule is CC(C)CC(=O)N1Cc2ccccc2CC1C(=O)NCCSCC(=O)O. The summed E-state index contributed by atoms with van der Waals surface area (Å²) in [6.45, 7) is 4.82. The number of aliphatic carboxylic acids is 1. The first-order valence-corrected chi connectivity index (χ1v) is 9.97. The van der Waals surface area contributed by atoms with Crippen molar-refractivity contribution in [2.24, 2.45) is 5.92 Å². The van der Waals surface area contributed by atoms with Gasteiger partial charge in [0.25, 0.3) is 0 Å². The molecule has 0 spiro atoms. The first kappa shape index (κ1) is 20.3. The molecule has 1 aliphatic rings. The average Bonchev–Trinajstić information content (AvgIpc) is 2.59. The lowest BCUT2D eigenvalue weighted by atomic mass is 9.92. The standard InChI is InChI=1S/C19H26N2O4S/c1-13(2)9-17(22)21-11-15-6-4-3-5-14(15)10-16(21)19(25)20-7-8-26-12-18(23)24/h3-6,13,16H,7-12H2,1-2H3,(H,20,25)(H,23,24). The number of amides is 2. The Morgan fingerprint density at radius 2 is 1.96 bits per heavy atom. The molecule has 142 valence electrons. The summed E-state index contributed by atoms with van der Waals surface area (Å²) in [6.07, 6.45) is 0.925. The van der Waals surface area contributed by atoms with Crippen LogP contribution in [0.25, 0.3) is 0 Å². The van der Waals surface area contributed by atoms with Gasteiger partial charge < -0.3 is 15.3 Å². The van der Waals surface area contributed by atoms with Crippen molar-refractivity contribution in [3.8, 4) is 0 Å². The second-order valence-electron chi connectivity index (χ2n) is 6.85. The van der Waals surface area contributed by atoms with Crippen LogP contribution in [0.3, 0.4) is 0 Å². The quantitative estimate of drug-likeness (QED) is 0.675. The summed E-state index contributed by atoms with van der Waals surface area (Å²) in [5, 5.41) is 11.5. The number of rotatable bonds is 8. The van der Waals surface area contributed by atoms with Crippen molar-refractivity contribution in [1.29, 1.82) is 0 Å². The van der Waals surface area contributed by atoms with Gasteiger partial charge in [-0.1, -0.05) is 38.1 Å². The predicted molar refractivity (Wildman–Crippen MR) is 102 cm³/mol. The molecule has 1 unspecified atom stereocenters. The topological polar surface area (TPSA) is 86.7 Å². The first-order valence-electron chi connectivity index (χ1n) is 8.82. The van der Waals surface area contributed by atoms with Gasteiger partial charge in [-0.2, -0.15) is 0 Å². The van der Waals surface area contributed by atoms with Gasteiger partial charge in [-0.25, -0.2) is 0 Å². The maximum absolute atomic E-state index is 12.7. The number of benzene rings is 1. The average molecular weight is 378 g/mol. The third-order valence-electron chi connectivity index (χ3n) is 4.23. The molecule has 0 bridgehead atoms. The molecule has 6 nitrogen and oxygen atoms in total. The molecular weight excluding hydrogens is 352 g/mol. The van der Waals surface area contributed by atoms with Crippen LogP contribution in [0.1, 0.15) is 31.4 Å². The summed E-state index contributed by atoms with van der Waals surface area (Å²) in [6, 6.07) is 7.39. The highest BCUT2D eigenvalue weighted by molar-refractivity contribution is 7.99. The van der Waals surface area contributed by atoms with Crippen LogP contribution < -0.4 is 5.32 Å². The minimum Gasteiger partial charge on any atom is -0.481 e. The van der Waals surface area contributed by atoms with Crippen molar-refractivity contribution in [3.05, 3.63) is 35.4 Å². The van der Waals surface area contributed by atoms with Crippen molar-refractivity contribution in [1.82, 2.24) is 10.2 Å². The molecular formula is C19H26N2O4S. The summed E-state index contributed by atoms with van der Waals surface area (Å²) in [4.78, 5) is 37.5. The summed E-state index contributed by atoms with van der Waals surface area (Å²) in [5.74, 6) is -0.263. The molecule has 0 aromatic heterocycles. The molecule has 0 aliphatic carbocycles. The molecule has 1 aromatic carbocycles. The van der Waals surface area contributed by atoms with Gasteiger partial charge in [-0.05, 0) is 17.0 Å². The molecule has 2 amide bonds. The van der Waals surface area contributed by atoms with Gasteiger partial charge in [0.05, 0.1) is 5.75 Å². The van der Waals surface area contributed by atoms with Crippen molar-refractivity contribution < 1.29 is 19.5 Å². The second-order valence-corrected chi connectivity index (χ2v) is 7.95. The zero-order valence-corrected chi connectivity index (χ0v) is 16.1. The lowest BCUT2D eigenvalue weighted by Gasteiger charge is -2.36. The molecule has 0 saturated heterocycles. The largest absolute Gasteiger partial charge is 0.481 e. The van der Waals surface area contributed by atoms with Crippen molar-refractivity contribution in [3.63, 3.8) is 0 Å². The highest BCUT2D eigenvalue weighted by atomic mass is 32.2. The zero-order valence-electron chi connectivity index (χ0n) is 15.2. The molecule has 0 radical (unpaired) electrons. The molecule has 2 N–H and O–H groups in total. The molecule has 0 fully saturated rings. The molecule has 1 heterocycles. The lowest BCUT2D eigenvalue weighted by molar-refractivity contribution is -0.142. The fraction of sp³-hybridized carbons (Fsp3) is 0.526. The Bertz CT molecular complexity index is 663. The second kappa shape index (κ2) is 9.62. The van der Waals surface area contributed by atoms with E-state index in [1.54, 1.807) is 4.90 Å². The van der Waals surface area contributed by atoms with Gasteiger partial charge >= 0.3 is 5.97 Å². The van der Waals surface area contributed by atoms with E-state index in [9.17, 15) is 14.4 Å². The number of carbonyl (C=O) groups excluding carboxylic acids is 2. The lowest BCUT2D eigenvalue weighted by Crippen LogP contribution is -2.53. The van der Waals surface area contributed by atoms with E-state index >= 15 is 0 Å². The van der Waals surface area contributed by atoms with Crippen LogP contribution in [0, 0.1) is 5.92 Å². The number of nitrogens with one attached hydrogen (secondary N) is 1. The van der Waals surface area contributed by atoms with E-state index in [4.69, 9.17) is 5.11 Å². The maximum Gasteiger partial charge on any atom is 0.313 e. The van der Waals surface area contributed by atoms with E-state index in [-0.39, 0.29) is 23.5 Å². The van der Waals surface area contributed by atoms with Crippen LogP contribution >= 0.6 is 11.8 Å². The number of thioether (sulfide) groups is 1. The van der Waals surface area contributed by atoms with Crippen molar-refractivity contribution in [2.45, 2.75) is 39.3 Å². The fourth-order valence-corrected chi connectivity index (χ4v) is 3.57. The van der Waals surface area contributed by atoms with E-state index in [1.165, 1.54) is 11.8 Å². The molecule has 0 saturated carbocycles. The van der Waals surface area contributed by atoms with Crippen LogP contribution in [0.4, 0.5) is 0 Å². The fourth-order valence-electron chi connectivity index (χ4n) is 3.01. The number of carboxylic acids is 1. The van der Waals surface area contributed by atoms with Crippen LogP contribution in [0.2, 0.25) is 0 Å². The van der Waals surface area contributed by atoms with Gasteiger partial charge in [0.1, 0.15) is 6.04 Å². The molecule has 1 atom stereocenters. The van der Waals surface area contributed by atoms with E-state index in [0.717, 1.165) is 11.1 Å². The Morgan fingerprint density at radius 3 is 2.62 bits per heavy atom. The third-order valence-corrected chi connectivity index (χ3v) is 5.17. The molecule has 2 rings (SSSR count). The normalized spacial score (nSPS) is 16.3. The van der Waals surface area contributed by atoms with Crippen molar-refractivity contribution in [2.75, 3.05) is 18.1 Å². The van der Waals surface area contributed by atoms with Gasteiger partial charge in [-0.15, -0.1) is 11.8 Å². The van der Waals surface area contributed by atoms with E-state index < -0.39 is 12.0 Å². The first-order chi connectivity index (χ1) is 12.4. The number of carbonyl (C=O) groups is 3. The summed E-state index contributed by atoms with van der Waals surface area (Å²) >= 11 is 1.26. The van der Waals surface area contributed by atoms with Gasteiger partial charge in [0.2, 0.25) is 11.8 Å². The van der Waals surface area contributed by atoms with Crippen LogP contribution in [-0.4, -0.2) is 51.9 Å². The van der Waals surface area contributed by atoms with Crippen molar-refractivity contribution >= 4 is 29.5 Å². The van der Waals surface area contributed by atoms with E-state index in [2.05, 4.69) is 5.32 Å².